The molecule has 0 unspecified atom stereocenters. The number of fused-ring (bicyclic) bond motifs is 1. The molecule has 0 radical (unpaired) electrons. The lowest BCUT2D eigenvalue weighted by Gasteiger charge is -2.04. The monoisotopic (exact) mass is 348 g/mol. The average molecular weight is 348 g/mol. The molecule has 6 heteroatoms. The fourth-order valence-corrected chi connectivity index (χ4v) is 2.87. The number of nitrogens with zero attached hydrogens (tertiary/aromatic N) is 4. The minimum atomic E-state index is -0.352. The van der Waals surface area contributed by atoms with Crippen LogP contribution < -0.4 is 5.69 Å². The van der Waals surface area contributed by atoms with Gasteiger partial charge in [0, 0.05) is 5.56 Å². The van der Waals surface area contributed by atoms with Crippen LogP contribution in [0.15, 0.2) is 59.4 Å². The van der Waals surface area contributed by atoms with Crippen LogP contribution in [0, 0.1) is 19.7 Å². The van der Waals surface area contributed by atoms with Crippen LogP contribution in [-0.2, 0) is 6.54 Å². The zero-order chi connectivity index (χ0) is 18.3. The predicted octanol–water partition coefficient (Wildman–Crippen LogP) is 3.36. The van der Waals surface area contributed by atoms with Crippen molar-refractivity contribution in [1.82, 2.24) is 19.4 Å². The first-order valence-electron chi connectivity index (χ1n) is 8.30. The van der Waals surface area contributed by atoms with Gasteiger partial charge in [-0.05, 0) is 60.9 Å². The van der Waals surface area contributed by atoms with Crippen molar-refractivity contribution in [2.45, 2.75) is 20.4 Å². The van der Waals surface area contributed by atoms with Crippen molar-refractivity contribution < 1.29 is 4.39 Å². The predicted molar refractivity (Wildman–Crippen MR) is 97.7 cm³/mol. The van der Waals surface area contributed by atoms with E-state index in [1.54, 1.807) is 18.2 Å². The maximum absolute atomic E-state index is 13.4. The van der Waals surface area contributed by atoms with Crippen LogP contribution in [0.1, 0.15) is 16.7 Å². The molecule has 0 spiro atoms. The summed E-state index contributed by atoms with van der Waals surface area (Å²) in [5.74, 6) is -0.338. The van der Waals surface area contributed by atoms with E-state index in [9.17, 15) is 9.18 Å². The molecule has 0 bridgehead atoms. The standard InChI is InChI=1S/C20H17FN4O/c1-13-6-7-16(10-14(13)2)18-8-9-19-23-24(20(26)25(19)22-18)12-15-4-3-5-17(21)11-15/h3-11H,12H2,1-2H3. The van der Waals surface area contributed by atoms with E-state index in [4.69, 9.17) is 0 Å². The summed E-state index contributed by atoms with van der Waals surface area (Å²) in [4.78, 5) is 12.6. The van der Waals surface area contributed by atoms with Crippen molar-refractivity contribution in [3.63, 3.8) is 0 Å². The van der Waals surface area contributed by atoms with E-state index in [0.717, 1.165) is 5.56 Å². The van der Waals surface area contributed by atoms with Gasteiger partial charge >= 0.3 is 5.69 Å². The summed E-state index contributed by atoms with van der Waals surface area (Å²) in [6, 6.07) is 15.8. The summed E-state index contributed by atoms with van der Waals surface area (Å²) >= 11 is 0. The van der Waals surface area contributed by atoms with Gasteiger partial charge in [0.05, 0.1) is 12.2 Å². The summed E-state index contributed by atoms with van der Waals surface area (Å²) in [7, 11) is 0. The van der Waals surface area contributed by atoms with Crippen LogP contribution in [0.4, 0.5) is 4.39 Å². The maximum Gasteiger partial charge on any atom is 0.367 e. The zero-order valence-electron chi connectivity index (χ0n) is 14.5. The Hall–Kier alpha value is -3.28. The molecular formula is C20H17FN4O. The molecule has 4 aromatic rings. The smallest absolute Gasteiger partial charge is 0.244 e. The third-order valence-corrected chi connectivity index (χ3v) is 4.46. The number of hydrogen-bond donors (Lipinski definition) is 0. The molecule has 0 saturated carbocycles. The van der Waals surface area contributed by atoms with Gasteiger partial charge in [-0.15, -0.1) is 5.10 Å². The van der Waals surface area contributed by atoms with E-state index >= 15 is 0 Å². The molecule has 0 aliphatic rings. The highest BCUT2D eigenvalue weighted by Gasteiger charge is 2.11. The second-order valence-electron chi connectivity index (χ2n) is 6.36. The largest absolute Gasteiger partial charge is 0.367 e. The molecule has 0 amide bonds. The van der Waals surface area contributed by atoms with Crippen LogP contribution in [-0.4, -0.2) is 19.4 Å². The van der Waals surface area contributed by atoms with Crippen molar-refractivity contribution in [3.05, 3.63) is 87.6 Å². The third-order valence-electron chi connectivity index (χ3n) is 4.46. The van der Waals surface area contributed by atoms with E-state index in [0.29, 0.717) is 16.9 Å². The van der Waals surface area contributed by atoms with Crippen LogP contribution in [0.5, 0.6) is 0 Å². The first-order valence-corrected chi connectivity index (χ1v) is 8.30. The molecule has 0 saturated heterocycles. The Morgan fingerprint density at radius 1 is 0.962 bits per heavy atom. The van der Waals surface area contributed by atoms with E-state index in [1.807, 2.05) is 31.2 Å². The summed E-state index contributed by atoms with van der Waals surface area (Å²) in [6.45, 7) is 4.29. The average Bonchev–Trinajstić information content (AvgIpc) is 2.93. The molecule has 5 nitrogen and oxygen atoms in total. The Labute approximate surface area is 149 Å². The van der Waals surface area contributed by atoms with Gasteiger partial charge in [-0.3, -0.25) is 0 Å². The fraction of sp³-hybridized carbons (Fsp3) is 0.150. The molecule has 4 rings (SSSR count). The van der Waals surface area contributed by atoms with Gasteiger partial charge < -0.3 is 0 Å². The quantitative estimate of drug-likeness (QED) is 0.570. The summed E-state index contributed by atoms with van der Waals surface area (Å²) in [6.07, 6.45) is 0. The first-order chi connectivity index (χ1) is 12.5. The lowest BCUT2D eigenvalue weighted by molar-refractivity contribution is 0.614. The Morgan fingerprint density at radius 3 is 2.58 bits per heavy atom. The van der Waals surface area contributed by atoms with Crippen molar-refractivity contribution in [3.8, 4) is 11.3 Å². The van der Waals surface area contributed by atoms with Crippen molar-refractivity contribution >= 4 is 5.65 Å². The van der Waals surface area contributed by atoms with Gasteiger partial charge in [0.15, 0.2) is 5.65 Å². The molecule has 2 heterocycles. The fourth-order valence-electron chi connectivity index (χ4n) is 2.87. The number of rotatable bonds is 3. The molecule has 0 fully saturated rings. The Bertz CT molecular complexity index is 1180. The zero-order valence-corrected chi connectivity index (χ0v) is 14.5. The second kappa shape index (κ2) is 6.22. The van der Waals surface area contributed by atoms with Gasteiger partial charge in [0.25, 0.3) is 0 Å². The highest BCUT2D eigenvalue weighted by Crippen LogP contribution is 2.20. The van der Waals surface area contributed by atoms with Crippen LogP contribution in [0.2, 0.25) is 0 Å². The molecular weight excluding hydrogens is 331 g/mol. The Morgan fingerprint density at radius 2 is 1.81 bits per heavy atom. The number of hydrogen-bond acceptors (Lipinski definition) is 3. The van der Waals surface area contributed by atoms with Crippen molar-refractivity contribution in [2.24, 2.45) is 0 Å². The van der Waals surface area contributed by atoms with E-state index in [1.165, 1.54) is 32.5 Å². The van der Waals surface area contributed by atoms with Gasteiger partial charge in [-0.25, -0.2) is 13.9 Å². The lowest BCUT2D eigenvalue weighted by atomic mass is 10.0. The minimum absolute atomic E-state index is 0.193. The number of benzene rings is 2. The summed E-state index contributed by atoms with van der Waals surface area (Å²) in [5.41, 5.74) is 4.79. The SMILES string of the molecule is Cc1ccc(-c2ccc3nn(Cc4cccc(F)c4)c(=O)n3n2)cc1C. The van der Waals surface area contributed by atoms with Crippen LogP contribution in [0.3, 0.4) is 0 Å². The molecule has 130 valence electrons. The Balaban J connectivity index is 1.76. The first kappa shape index (κ1) is 16.2. The van der Waals surface area contributed by atoms with Crippen molar-refractivity contribution in [1.29, 1.82) is 0 Å². The van der Waals surface area contributed by atoms with Crippen molar-refractivity contribution in [2.75, 3.05) is 0 Å². The highest BCUT2D eigenvalue weighted by atomic mass is 19.1. The third kappa shape index (κ3) is 2.90. The molecule has 0 N–H and O–H groups in total. The topological polar surface area (TPSA) is 52.2 Å². The van der Waals surface area contributed by atoms with E-state index < -0.39 is 0 Å². The molecule has 2 aromatic heterocycles. The summed E-state index contributed by atoms with van der Waals surface area (Å²) in [5, 5.41) is 8.73. The van der Waals surface area contributed by atoms with Gasteiger partial charge in [0.1, 0.15) is 5.82 Å². The van der Waals surface area contributed by atoms with Crippen LogP contribution >= 0.6 is 0 Å². The van der Waals surface area contributed by atoms with Gasteiger partial charge in [-0.1, -0.05) is 24.3 Å². The molecule has 2 aromatic carbocycles. The Kier molecular flexibility index (Phi) is 3.88. The molecule has 26 heavy (non-hydrogen) atoms. The van der Waals surface area contributed by atoms with Crippen LogP contribution in [0.25, 0.3) is 16.9 Å². The maximum atomic E-state index is 13.4. The lowest BCUT2D eigenvalue weighted by Crippen LogP contribution is -2.23. The number of halogens is 1. The number of aryl methyl sites for hydroxylation is 2. The molecule has 0 atom stereocenters. The van der Waals surface area contributed by atoms with E-state index in [-0.39, 0.29) is 18.1 Å². The highest BCUT2D eigenvalue weighted by molar-refractivity contribution is 5.61. The minimum Gasteiger partial charge on any atom is -0.244 e. The van der Waals surface area contributed by atoms with Gasteiger partial charge in [0.2, 0.25) is 0 Å². The van der Waals surface area contributed by atoms with E-state index in [2.05, 4.69) is 17.1 Å². The van der Waals surface area contributed by atoms with Gasteiger partial charge in [-0.2, -0.15) is 9.61 Å². The normalized spacial score (nSPS) is 11.2. The second-order valence-corrected chi connectivity index (χ2v) is 6.36. The number of aromatic nitrogens is 4. The molecule has 0 aliphatic heterocycles. The summed E-state index contributed by atoms with van der Waals surface area (Å²) < 4.78 is 15.9. The molecule has 0 aliphatic carbocycles.